The SMILES string of the molecule is COc1ccc(CCCC(C)(C)C)c(N2CCC(CBr)CC2)c1. The number of alkyl halides is 1. The van der Waals surface area contributed by atoms with Crippen molar-refractivity contribution in [3.05, 3.63) is 23.8 Å². The number of methoxy groups -OCH3 is 1. The smallest absolute Gasteiger partial charge is 0.120 e. The summed E-state index contributed by atoms with van der Waals surface area (Å²) >= 11 is 3.64. The minimum atomic E-state index is 0.418. The number of benzene rings is 1. The van der Waals surface area contributed by atoms with E-state index in [0.717, 1.165) is 36.5 Å². The van der Waals surface area contributed by atoms with E-state index in [-0.39, 0.29) is 0 Å². The van der Waals surface area contributed by atoms with E-state index in [9.17, 15) is 0 Å². The molecular formula is C20H32BrNO. The van der Waals surface area contributed by atoms with Crippen molar-refractivity contribution in [1.29, 1.82) is 0 Å². The van der Waals surface area contributed by atoms with Gasteiger partial charge >= 0.3 is 0 Å². The molecule has 0 spiro atoms. The van der Waals surface area contributed by atoms with Crippen molar-refractivity contribution in [2.75, 3.05) is 30.4 Å². The molecule has 0 unspecified atom stereocenters. The molecule has 0 saturated carbocycles. The highest BCUT2D eigenvalue weighted by atomic mass is 79.9. The van der Waals surface area contributed by atoms with E-state index in [1.54, 1.807) is 7.11 Å². The molecule has 130 valence electrons. The number of halogens is 1. The van der Waals surface area contributed by atoms with Crippen LogP contribution in [0.2, 0.25) is 0 Å². The van der Waals surface area contributed by atoms with Gasteiger partial charge in [-0.3, -0.25) is 0 Å². The zero-order valence-electron chi connectivity index (χ0n) is 15.2. The summed E-state index contributed by atoms with van der Waals surface area (Å²) in [5.41, 5.74) is 3.29. The van der Waals surface area contributed by atoms with Gasteiger partial charge in [-0.1, -0.05) is 42.8 Å². The van der Waals surface area contributed by atoms with Crippen LogP contribution in [0.5, 0.6) is 5.75 Å². The van der Waals surface area contributed by atoms with Gasteiger partial charge in [-0.05, 0) is 55.1 Å². The van der Waals surface area contributed by atoms with E-state index >= 15 is 0 Å². The second-order valence-corrected chi connectivity index (χ2v) is 8.64. The van der Waals surface area contributed by atoms with Crippen LogP contribution in [0.4, 0.5) is 5.69 Å². The Bertz CT molecular complexity index is 487. The molecule has 23 heavy (non-hydrogen) atoms. The van der Waals surface area contributed by atoms with E-state index in [1.165, 1.54) is 36.9 Å². The maximum absolute atomic E-state index is 5.47. The van der Waals surface area contributed by atoms with Crippen molar-refractivity contribution in [2.45, 2.75) is 52.9 Å². The molecule has 0 radical (unpaired) electrons. The van der Waals surface area contributed by atoms with Crippen LogP contribution >= 0.6 is 15.9 Å². The van der Waals surface area contributed by atoms with E-state index in [4.69, 9.17) is 4.74 Å². The van der Waals surface area contributed by atoms with Crippen LogP contribution in [0.1, 0.15) is 52.0 Å². The van der Waals surface area contributed by atoms with Crippen molar-refractivity contribution < 1.29 is 4.74 Å². The monoisotopic (exact) mass is 381 g/mol. The fourth-order valence-corrected chi connectivity index (χ4v) is 3.96. The van der Waals surface area contributed by atoms with Gasteiger partial charge in [-0.2, -0.15) is 0 Å². The first-order valence-electron chi connectivity index (χ1n) is 8.91. The maximum atomic E-state index is 5.47. The lowest BCUT2D eigenvalue weighted by atomic mass is 9.88. The standard InChI is InChI=1S/C20H32BrNO/c1-20(2,3)11-5-6-17-7-8-18(23-4)14-19(17)22-12-9-16(15-21)10-13-22/h7-8,14,16H,5-6,9-13,15H2,1-4H3. The lowest BCUT2D eigenvalue weighted by Crippen LogP contribution is -2.34. The summed E-state index contributed by atoms with van der Waals surface area (Å²) in [6.07, 6.45) is 6.24. The highest BCUT2D eigenvalue weighted by Gasteiger charge is 2.21. The number of anilines is 1. The molecule has 2 rings (SSSR count). The van der Waals surface area contributed by atoms with Gasteiger partial charge in [0.25, 0.3) is 0 Å². The first-order chi connectivity index (χ1) is 10.9. The Morgan fingerprint density at radius 3 is 2.48 bits per heavy atom. The Morgan fingerprint density at radius 2 is 1.91 bits per heavy atom. The summed E-state index contributed by atoms with van der Waals surface area (Å²) in [5, 5.41) is 1.14. The predicted octanol–water partition coefficient (Wildman–Crippen LogP) is 5.68. The summed E-state index contributed by atoms with van der Waals surface area (Å²) in [7, 11) is 1.76. The number of ether oxygens (including phenoxy) is 1. The molecule has 2 nitrogen and oxygen atoms in total. The molecule has 1 aromatic carbocycles. The number of rotatable bonds is 6. The van der Waals surface area contributed by atoms with Crippen LogP contribution in [-0.4, -0.2) is 25.5 Å². The molecule has 1 aliphatic rings. The number of piperidine rings is 1. The second kappa shape index (κ2) is 8.41. The Kier molecular flexibility index (Phi) is 6.82. The molecule has 0 aromatic heterocycles. The Balaban J connectivity index is 2.09. The Morgan fingerprint density at radius 1 is 1.22 bits per heavy atom. The predicted molar refractivity (Wildman–Crippen MR) is 104 cm³/mol. The summed E-state index contributed by atoms with van der Waals surface area (Å²) in [6.45, 7) is 9.30. The molecule has 0 aliphatic carbocycles. The van der Waals surface area contributed by atoms with Crippen molar-refractivity contribution in [2.24, 2.45) is 11.3 Å². The van der Waals surface area contributed by atoms with Gasteiger partial charge in [0.1, 0.15) is 5.75 Å². The molecule has 0 amide bonds. The summed E-state index contributed by atoms with van der Waals surface area (Å²) in [6, 6.07) is 6.62. The van der Waals surface area contributed by atoms with Crippen LogP contribution in [-0.2, 0) is 6.42 Å². The first-order valence-corrected chi connectivity index (χ1v) is 10.0. The molecule has 0 bridgehead atoms. The average molecular weight is 382 g/mol. The molecule has 0 atom stereocenters. The minimum absolute atomic E-state index is 0.418. The topological polar surface area (TPSA) is 12.5 Å². The van der Waals surface area contributed by atoms with Crippen LogP contribution in [0.3, 0.4) is 0 Å². The molecule has 1 heterocycles. The molecule has 3 heteroatoms. The van der Waals surface area contributed by atoms with Crippen LogP contribution in [0.15, 0.2) is 18.2 Å². The largest absolute Gasteiger partial charge is 0.497 e. The Labute approximate surface area is 150 Å². The third kappa shape index (κ3) is 5.70. The highest BCUT2D eigenvalue weighted by Crippen LogP contribution is 2.32. The second-order valence-electron chi connectivity index (χ2n) is 7.99. The van der Waals surface area contributed by atoms with Gasteiger partial charge < -0.3 is 9.64 Å². The molecule has 1 saturated heterocycles. The van der Waals surface area contributed by atoms with Gasteiger partial charge in [0.2, 0.25) is 0 Å². The van der Waals surface area contributed by atoms with Crippen LogP contribution in [0.25, 0.3) is 0 Å². The van der Waals surface area contributed by atoms with Gasteiger partial charge in [0.05, 0.1) is 7.11 Å². The summed E-state index contributed by atoms with van der Waals surface area (Å²) in [5.74, 6) is 1.81. The molecule has 1 aromatic rings. The lowest BCUT2D eigenvalue weighted by molar-refractivity contribution is 0.365. The molecule has 1 fully saturated rings. The fraction of sp³-hybridized carbons (Fsp3) is 0.700. The number of nitrogens with zero attached hydrogens (tertiary/aromatic N) is 1. The van der Waals surface area contributed by atoms with Gasteiger partial charge in [0, 0.05) is 30.2 Å². The third-order valence-corrected chi connectivity index (χ3v) is 5.75. The van der Waals surface area contributed by atoms with Gasteiger partial charge in [0.15, 0.2) is 0 Å². The molecule has 0 N–H and O–H groups in total. The van der Waals surface area contributed by atoms with Crippen molar-refractivity contribution in [1.82, 2.24) is 0 Å². The van der Waals surface area contributed by atoms with E-state index in [2.05, 4.69) is 59.8 Å². The van der Waals surface area contributed by atoms with Crippen LogP contribution in [0, 0.1) is 11.3 Å². The van der Waals surface area contributed by atoms with Gasteiger partial charge in [-0.15, -0.1) is 0 Å². The van der Waals surface area contributed by atoms with Crippen molar-refractivity contribution in [3.8, 4) is 5.75 Å². The van der Waals surface area contributed by atoms with Crippen molar-refractivity contribution >= 4 is 21.6 Å². The number of hydrogen-bond acceptors (Lipinski definition) is 2. The highest BCUT2D eigenvalue weighted by molar-refractivity contribution is 9.09. The molecule has 1 aliphatic heterocycles. The number of hydrogen-bond donors (Lipinski definition) is 0. The van der Waals surface area contributed by atoms with Crippen LogP contribution < -0.4 is 9.64 Å². The van der Waals surface area contributed by atoms with Crippen molar-refractivity contribution in [3.63, 3.8) is 0 Å². The number of aryl methyl sites for hydroxylation is 1. The maximum Gasteiger partial charge on any atom is 0.120 e. The minimum Gasteiger partial charge on any atom is -0.497 e. The van der Waals surface area contributed by atoms with E-state index in [0.29, 0.717) is 5.41 Å². The third-order valence-electron chi connectivity index (χ3n) is 4.84. The summed E-state index contributed by atoms with van der Waals surface area (Å²) < 4.78 is 5.47. The Hall–Kier alpha value is -0.700. The van der Waals surface area contributed by atoms with E-state index < -0.39 is 0 Å². The molecular weight excluding hydrogens is 350 g/mol. The summed E-state index contributed by atoms with van der Waals surface area (Å²) in [4.78, 5) is 2.56. The quantitative estimate of drug-likeness (QED) is 0.588. The zero-order chi connectivity index (χ0) is 16.9. The first kappa shape index (κ1) is 18.6. The zero-order valence-corrected chi connectivity index (χ0v) is 16.8. The van der Waals surface area contributed by atoms with E-state index in [1.807, 2.05) is 0 Å². The average Bonchev–Trinajstić information content (AvgIpc) is 2.54. The normalized spacial score (nSPS) is 16.7. The lowest BCUT2D eigenvalue weighted by Gasteiger charge is -2.34. The van der Waals surface area contributed by atoms with Gasteiger partial charge in [-0.25, -0.2) is 0 Å². The fourth-order valence-electron chi connectivity index (χ4n) is 3.31.